The molecule has 0 fully saturated rings. The number of nitrogens with one attached hydrogen (secondary N) is 3. The van der Waals surface area contributed by atoms with E-state index in [1.54, 1.807) is 0 Å². The summed E-state index contributed by atoms with van der Waals surface area (Å²) in [7, 11) is 0. The molecule has 8 N–H and O–H groups in total. The van der Waals surface area contributed by atoms with Crippen LogP contribution >= 0.6 is 0 Å². The number of hydrogen-bond acceptors (Lipinski definition) is 7. The predicted octanol–water partition coefficient (Wildman–Crippen LogP) is 1.11. The van der Waals surface area contributed by atoms with Gasteiger partial charge in [0, 0.05) is 6.42 Å². The number of amides is 5. The summed E-state index contributed by atoms with van der Waals surface area (Å²) >= 11 is 0. The molecule has 0 heterocycles. The predicted molar refractivity (Wildman–Crippen MR) is 151 cm³/mol. The van der Waals surface area contributed by atoms with Crippen molar-refractivity contribution in [3.05, 3.63) is 0 Å². The van der Waals surface area contributed by atoms with Crippen molar-refractivity contribution in [1.29, 1.82) is 0 Å². The van der Waals surface area contributed by atoms with Crippen molar-refractivity contribution >= 4 is 35.8 Å². The number of primary amides is 2. The van der Waals surface area contributed by atoms with E-state index in [4.69, 9.17) is 11.5 Å². The quantitative estimate of drug-likeness (QED) is 0.0735. The molecule has 12 nitrogen and oxygen atoms in total. The van der Waals surface area contributed by atoms with Gasteiger partial charge in [-0.05, 0) is 25.2 Å². The lowest BCUT2D eigenvalue weighted by atomic mass is 10.0. The number of aliphatic hydroxyl groups excluding tert-OH is 1. The summed E-state index contributed by atoms with van der Waals surface area (Å²) in [5.41, 5.74) is 10.5. The highest BCUT2D eigenvalue weighted by atomic mass is 16.3. The molecule has 230 valence electrons. The molecule has 0 rings (SSSR count). The summed E-state index contributed by atoms with van der Waals surface area (Å²) in [5, 5.41) is 17.6. The number of carbonyl (C=O) groups is 6. The minimum absolute atomic E-state index is 0.107. The molecule has 0 aromatic heterocycles. The Hall–Kier alpha value is -3.02. The third-order valence-corrected chi connectivity index (χ3v) is 6.40. The van der Waals surface area contributed by atoms with Crippen LogP contribution in [0.2, 0.25) is 0 Å². The Balaban J connectivity index is 5.05. The second-order valence-electron chi connectivity index (χ2n) is 10.9. The van der Waals surface area contributed by atoms with Crippen LogP contribution in [0.1, 0.15) is 111 Å². The first kappa shape index (κ1) is 37.0. The highest BCUT2D eigenvalue weighted by molar-refractivity contribution is 5.95. The third-order valence-electron chi connectivity index (χ3n) is 6.40. The van der Waals surface area contributed by atoms with E-state index in [9.17, 15) is 33.9 Å². The highest BCUT2D eigenvalue weighted by Gasteiger charge is 2.29. The van der Waals surface area contributed by atoms with Crippen LogP contribution in [-0.4, -0.2) is 65.2 Å². The first-order valence-electron chi connectivity index (χ1n) is 14.5. The zero-order chi connectivity index (χ0) is 30.5. The Bertz CT molecular complexity index is 806. The van der Waals surface area contributed by atoms with Gasteiger partial charge in [0.2, 0.25) is 29.5 Å². The van der Waals surface area contributed by atoms with Crippen molar-refractivity contribution in [2.24, 2.45) is 17.4 Å². The molecule has 40 heavy (non-hydrogen) atoms. The minimum atomic E-state index is -1.40. The van der Waals surface area contributed by atoms with Gasteiger partial charge in [0.15, 0.2) is 0 Å². The van der Waals surface area contributed by atoms with E-state index in [1.165, 1.54) is 25.7 Å². The molecule has 0 saturated heterocycles. The number of rotatable bonds is 24. The summed E-state index contributed by atoms with van der Waals surface area (Å²) in [6, 6.07) is -3.46. The summed E-state index contributed by atoms with van der Waals surface area (Å²) in [4.78, 5) is 72.6. The number of hydrogen-bond donors (Lipinski definition) is 6. The summed E-state index contributed by atoms with van der Waals surface area (Å²) in [6.07, 6.45) is 8.07. The second kappa shape index (κ2) is 21.8. The maximum Gasteiger partial charge on any atom is 0.243 e. The average molecular weight is 570 g/mol. The lowest BCUT2D eigenvalue weighted by Gasteiger charge is -2.24. The van der Waals surface area contributed by atoms with Crippen LogP contribution in [0.25, 0.3) is 0 Å². The molecular weight excluding hydrogens is 518 g/mol. The van der Waals surface area contributed by atoms with Crippen LogP contribution in [0, 0.1) is 5.92 Å². The van der Waals surface area contributed by atoms with Gasteiger partial charge in [-0.25, -0.2) is 0 Å². The Kier molecular flexibility index (Phi) is 20.1. The third kappa shape index (κ3) is 19.1. The van der Waals surface area contributed by atoms with E-state index in [1.807, 2.05) is 13.8 Å². The van der Waals surface area contributed by atoms with E-state index in [-0.39, 0.29) is 25.2 Å². The van der Waals surface area contributed by atoms with Gasteiger partial charge in [0.1, 0.15) is 18.4 Å². The van der Waals surface area contributed by atoms with Crippen LogP contribution in [0.5, 0.6) is 0 Å². The molecule has 0 aromatic carbocycles. The molecule has 0 saturated carbocycles. The standard InChI is InChI=1S/C28H51N5O7/c1-4-5-6-7-8-9-10-11-12-21(35)16-26(38)32-23(17-25(30)37)28(40)33-22(13-14-24(29)36)27(39)31-20(18-34)15-19(2)3/h18-23,35H,4-17H2,1-3H3,(H2,29,36)(H2,30,37)(H,31,39)(H,32,38)(H,33,40)/t20-,21?,22-,23-/m0/s1. The van der Waals surface area contributed by atoms with E-state index < -0.39 is 60.2 Å². The highest BCUT2D eigenvalue weighted by Crippen LogP contribution is 2.12. The van der Waals surface area contributed by atoms with Gasteiger partial charge in [-0.2, -0.15) is 0 Å². The van der Waals surface area contributed by atoms with Crippen molar-refractivity contribution in [1.82, 2.24) is 16.0 Å². The van der Waals surface area contributed by atoms with Crippen LogP contribution in [0.4, 0.5) is 0 Å². The molecule has 4 atom stereocenters. The topological polar surface area (TPSA) is 211 Å². The molecule has 0 radical (unpaired) electrons. The van der Waals surface area contributed by atoms with E-state index >= 15 is 0 Å². The molecule has 0 aliphatic carbocycles. The Morgan fingerprint density at radius 3 is 1.85 bits per heavy atom. The first-order valence-corrected chi connectivity index (χ1v) is 14.5. The summed E-state index contributed by atoms with van der Waals surface area (Å²) in [5.74, 6) is -3.69. The number of aliphatic hydroxyl groups is 1. The molecule has 5 amide bonds. The maximum absolute atomic E-state index is 13.0. The van der Waals surface area contributed by atoms with E-state index in [0.717, 1.165) is 25.7 Å². The Morgan fingerprint density at radius 2 is 1.32 bits per heavy atom. The number of nitrogens with two attached hydrogens (primary N) is 2. The molecule has 12 heteroatoms. The van der Waals surface area contributed by atoms with Crippen molar-refractivity contribution in [3.8, 4) is 0 Å². The number of unbranched alkanes of at least 4 members (excludes halogenated alkanes) is 7. The molecule has 0 aliphatic rings. The van der Waals surface area contributed by atoms with E-state index in [0.29, 0.717) is 19.1 Å². The fourth-order valence-corrected chi connectivity index (χ4v) is 4.26. The summed E-state index contributed by atoms with van der Waals surface area (Å²) < 4.78 is 0. The van der Waals surface area contributed by atoms with Crippen LogP contribution in [0.15, 0.2) is 0 Å². The van der Waals surface area contributed by atoms with Gasteiger partial charge >= 0.3 is 0 Å². The van der Waals surface area contributed by atoms with Gasteiger partial charge in [0.25, 0.3) is 0 Å². The van der Waals surface area contributed by atoms with Crippen molar-refractivity contribution in [2.75, 3.05) is 0 Å². The van der Waals surface area contributed by atoms with Gasteiger partial charge < -0.3 is 37.3 Å². The zero-order valence-corrected chi connectivity index (χ0v) is 24.4. The van der Waals surface area contributed by atoms with Gasteiger partial charge in [-0.3, -0.25) is 24.0 Å². The Labute approximate surface area is 238 Å². The molecule has 0 aliphatic heterocycles. The van der Waals surface area contributed by atoms with Gasteiger partial charge in [-0.15, -0.1) is 0 Å². The van der Waals surface area contributed by atoms with Crippen LogP contribution in [0.3, 0.4) is 0 Å². The zero-order valence-electron chi connectivity index (χ0n) is 24.4. The van der Waals surface area contributed by atoms with Crippen LogP contribution < -0.4 is 27.4 Å². The summed E-state index contributed by atoms with van der Waals surface area (Å²) in [6.45, 7) is 5.92. The SMILES string of the molecule is CCCCCCCCCCC(O)CC(=O)N[C@@H](CC(N)=O)C(=O)N[C@@H](CCC(N)=O)C(=O)N[C@H](C=O)CC(C)C. The van der Waals surface area contributed by atoms with Gasteiger partial charge in [-0.1, -0.05) is 72.1 Å². The molecule has 0 aromatic rings. The number of carbonyl (C=O) groups excluding carboxylic acids is 6. The lowest BCUT2D eigenvalue weighted by molar-refractivity contribution is -0.134. The molecular formula is C28H51N5O7. The minimum Gasteiger partial charge on any atom is -0.393 e. The molecule has 0 bridgehead atoms. The normalized spacial score (nSPS) is 14.0. The largest absolute Gasteiger partial charge is 0.393 e. The van der Waals surface area contributed by atoms with E-state index in [2.05, 4.69) is 22.9 Å². The van der Waals surface area contributed by atoms with Crippen molar-refractivity contribution < 1.29 is 33.9 Å². The average Bonchev–Trinajstić information content (AvgIpc) is 2.86. The molecule has 1 unspecified atom stereocenters. The van der Waals surface area contributed by atoms with Crippen molar-refractivity contribution in [3.63, 3.8) is 0 Å². The lowest BCUT2D eigenvalue weighted by Crippen LogP contribution is -2.56. The Morgan fingerprint density at radius 1 is 0.750 bits per heavy atom. The van der Waals surface area contributed by atoms with Gasteiger partial charge in [0.05, 0.1) is 25.0 Å². The monoisotopic (exact) mass is 569 g/mol. The van der Waals surface area contributed by atoms with Crippen molar-refractivity contribution in [2.45, 2.75) is 135 Å². The fraction of sp³-hybridized carbons (Fsp3) is 0.786. The number of aldehydes is 1. The van der Waals surface area contributed by atoms with Crippen LogP contribution in [-0.2, 0) is 28.8 Å². The smallest absolute Gasteiger partial charge is 0.243 e. The molecule has 0 spiro atoms. The fourth-order valence-electron chi connectivity index (χ4n) is 4.26. The second-order valence-corrected chi connectivity index (χ2v) is 10.9. The first-order chi connectivity index (χ1) is 18.9. The maximum atomic E-state index is 13.0.